The van der Waals surface area contributed by atoms with Crippen LogP contribution in [0.2, 0.25) is 0 Å². The first-order valence-electron chi connectivity index (χ1n) is 7.21. The summed E-state index contributed by atoms with van der Waals surface area (Å²) in [6.07, 6.45) is 0. The smallest absolute Gasteiger partial charge is 0.121 e. The van der Waals surface area contributed by atoms with Crippen LogP contribution in [0.1, 0.15) is 16.7 Å². The quantitative estimate of drug-likeness (QED) is 0.782. The van der Waals surface area contributed by atoms with Crippen LogP contribution >= 0.6 is 0 Å². The highest BCUT2D eigenvalue weighted by atomic mass is 16.5. The van der Waals surface area contributed by atoms with Crippen molar-refractivity contribution in [3.05, 3.63) is 59.2 Å². The number of hydrogen-bond donors (Lipinski definition) is 1. The zero-order valence-corrected chi connectivity index (χ0v) is 13.0. The SMILES string of the molecule is COCCOc1cccc(NCc2ccc(C)c(C)c2)c1. The van der Waals surface area contributed by atoms with Crippen LogP contribution in [-0.4, -0.2) is 20.3 Å². The first-order valence-corrected chi connectivity index (χ1v) is 7.21. The Morgan fingerprint density at radius 3 is 2.57 bits per heavy atom. The second kappa shape index (κ2) is 7.70. The van der Waals surface area contributed by atoms with E-state index in [2.05, 4.69) is 37.4 Å². The molecule has 0 unspecified atom stereocenters. The number of hydrogen-bond acceptors (Lipinski definition) is 3. The van der Waals surface area contributed by atoms with Gasteiger partial charge in [0.05, 0.1) is 6.61 Å². The zero-order valence-electron chi connectivity index (χ0n) is 13.0. The van der Waals surface area contributed by atoms with Crippen LogP contribution in [0, 0.1) is 13.8 Å². The molecule has 0 saturated heterocycles. The molecule has 0 aromatic heterocycles. The van der Waals surface area contributed by atoms with Crippen molar-refractivity contribution in [1.29, 1.82) is 0 Å². The summed E-state index contributed by atoms with van der Waals surface area (Å²) in [5, 5.41) is 3.43. The van der Waals surface area contributed by atoms with Crippen LogP contribution < -0.4 is 10.1 Å². The van der Waals surface area contributed by atoms with Gasteiger partial charge in [0.1, 0.15) is 12.4 Å². The minimum atomic E-state index is 0.567. The third-order valence-corrected chi connectivity index (χ3v) is 3.46. The zero-order chi connectivity index (χ0) is 15.1. The van der Waals surface area contributed by atoms with Crippen LogP contribution in [0.15, 0.2) is 42.5 Å². The molecule has 0 aliphatic carbocycles. The van der Waals surface area contributed by atoms with Crippen LogP contribution in [0.4, 0.5) is 5.69 Å². The lowest BCUT2D eigenvalue weighted by atomic mass is 10.1. The van der Waals surface area contributed by atoms with E-state index in [1.807, 2.05) is 24.3 Å². The standard InChI is InChI=1S/C18H23NO2/c1-14-7-8-16(11-15(14)2)13-19-17-5-4-6-18(12-17)21-10-9-20-3/h4-8,11-12,19H,9-10,13H2,1-3H3. The van der Waals surface area contributed by atoms with Gasteiger partial charge in [-0.3, -0.25) is 0 Å². The lowest BCUT2D eigenvalue weighted by Gasteiger charge is -2.11. The van der Waals surface area contributed by atoms with Crippen molar-refractivity contribution < 1.29 is 9.47 Å². The maximum atomic E-state index is 5.61. The van der Waals surface area contributed by atoms with E-state index >= 15 is 0 Å². The average molecular weight is 285 g/mol. The summed E-state index contributed by atoms with van der Waals surface area (Å²) in [5.41, 5.74) is 4.99. The van der Waals surface area contributed by atoms with E-state index in [1.165, 1.54) is 16.7 Å². The van der Waals surface area contributed by atoms with Crippen molar-refractivity contribution in [1.82, 2.24) is 0 Å². The minimum Gasteiger partial charge on any atom is -0.491 e. The fraction of sp³-hybridized carbons (Fsp3) is 0.333. The maximum absolute atomic E-state index is 5.61. The van der Waals surface area contributed by atoms with Gasteiger partial charge in [0, 0.05) is 25.4 Å². The fourth-order valence-corrected chi connectivity index (χ4v) is 2.06. The van der Waals surface area contributed by atoms with Gasteiger partial charge in [-0.2, -0.15) is 0 Å². The lowest BCUT2D eigenvalue weighted by molar-refractivity contribution is 0.146. The van der Waals surface area contributed by atoms with Crippen LogP contribution in [0.3, 0.4) is 0 Å². The average Bonchev–Trinajstić information content (AvgIpc) is 2.49. The second-order valence-corrected chi connectivity index (χ2v) is 5.14. The van der Waals surface area contributed by atoms with Gasteiger partial charge in [0.15, 0.2) is 0 Å². The fourth-order valence-electron chi connectivity index (χ4n) is 2.06. The van der Waals surface area contributed by atoms with E-state index in [9.17, 15) is 0 Å². The van der Waals surface area contributed by atoms with Gasteiger partial charge in [-0.25, -0.2) is 0 Å². The molecule has 112 valence electrons. The van der Waals surface area contributed by atoms with Crippen molar-refractivity contribution in [2.75, 3.05) is 25.6 Å². The first-order chi connectivity index (χ1) is 10.2. The number of rotatable bonds is 7. The Kier molecular flexibility index (Phi) is 5.64. The Morgan fingerprint density at radius 1 is 0.952 bits per heavy atom. The highest BCUT2D eigenvalue weighted by molar-refractivity contribution is 5.48. The highest BCUT2D eigenvalue weighted by Crippen LogP contribution is 2.18. The Morgan fingerprint density at radius 2 is 1.81 bits per heavy atom. The Hall–Kier alpha value is -2.00. The molecule has 0 spiro atoms. The Labute approximate surface area is 126 Å². The monoisotopic (exact) mass is 285 g/mol. The third-order valence-electron chi connectivity index (χ3n) is 3.46. The van der Waals surface area contributed by atoms with E-state index in [-0.39, 0.29) is 0 Å². The molecule has 21 heavy (non-hydrogen) atoms. The molecule has 3 heteroatoms. The molecule has 0 amide bonds. The van der Waals surface area contributed by atoms with Crippen LogP contribution in [-0.2, 0) is 11.3 Å². The van der Waals surface area contributed by atoms with Gasteiger partial charge in [-0.05, 0) is 42.7 Å². The molecule has 0 heterocycles. The largest absolute Gasteiger partial charge is 0.491 e. The molecule has 0 aliphatic rings. The number of methoxy groups -OCH3 is 1. The third kappa shape index (κ3) is 4.80. The summed E-state index contributed by atoms with van der Waals surface area (Å²) in [5.74, 6) is 0.858. The van der Waals surface area contributed by atoms with Crippen molar-refractivity contribution >= 4 is 5.69 Å². The number of aryl methyl sites for hydroxylation is 2. The molecular weight excluding hydrogens is 262 g/mol. The molecule has 0 aliphatic heterocycles. The van der Waals surface area contributed by atoms with Crippen LogP contribution in [0.25, 0.3) is 0 Å². The van der Waals surface area contributed by atoms with E-state index in [4.69, 9.17) is 9.47 Å². The predicted octanol–water partition coefficient (Wildman–Crippen LogP) is 3.94. The molecular formula is C18H23NO2. The topological polar surface area (TPSA) is 30.5 Å². The molecule has 2 rings (SSSR count). The Balaban J connectivity index is 1.93. The number of ether oxygens (including phenoxy) is 2. The van der Waals surface area contributed by atoms with Gasteiger partial charge < -0.3 is 14.8 Å². The van der Waals surface area contributed by atoms with Crippen molar-refractivity contribution in [2.45, 2.75) is 20.4 Å². The van der Waals surface area contributed by atoms with Crippen LogP contribution in [0.5, 0.6) is 5.75 Å². The highest BCUT2D eigenvalue weighted by Gasteiger charge is 1.99. The lowest BCUT2D eigenvalue weighted by Crippen LogP contribution is -2.05. The van der Waals surface area contributed by atoms with E-state index in [0.29, 0.717) is 13.2 Å². The predicted molar refractivity (Wildman–Crippen MR) is 87.1 cm³/mol. The van der Waals surface area contributed by atoms with Gasteiger partial charge >= 0.3 is 0 Å². The van der Waals surface area contributed by atoms with E-state index < -0.39 is 0 Å². The van der Waals surface area contributed by atoms with Crippen molar-refractivity contribution in [2.24, 2.45) is 0 Å². The molecule has 0 fully saturated rings. The normalized spacial score (nSPS) is 10.4. The van der Waals surface area contributed by atoms with Crippen molar-refractivity contribution in [3.63, 3.8) is 0 Å². The Bertz CT molecular complexity index is 581. The number of anilines is 1. The number of benzene rings is 2. The number of nitrogens with one attached hydrogen (secondary N) is 1. The molecule has 0 saturated carbocycles. The van der Waals surface area contributed by atoms with Gasteiger partial charge in [-0.1, -0.05) is 24.3 Å². The molecule has 3 nitrogen and oxygen atoms in total. The molecule has 2 aromatic rings. The molecule has 1 N–H and O–H groups in total. The molecule has 2 aromatic carbocycles. The van der Waals surface area contributed by atoms with Gasteiger partial charge in [0.2, 0.25) is 0 Å². The van der Waals surface area contributed by atoms with Crippen molar-refractivity contribution in [3.8, 4) is 5.75 Å². The summed E-state index contributed by atoms with van der Waals surface area (Å²) in [6.45, 7) is 6.25. The van der Waals surface area contributed by atoms with E-state index in [0.717, 1.165) is 18.0 Å². The second-order valence-electron chi connectivity index (χ2n) is 5.14. The summed E-state index contributed by atoms with van der Waals surface area (Å²) >= 11 is 0. The maximum Gasteiger partial charge on any atom is 0.121 e. The summed E-state index contributed by atoms with van der Waals surface area (Å²) in [4.78, 5) is 0. The van der Waals surface area contributed by atoms with Gasteiger partial charge in [-0.15, -0.1) is 0 Å². The van der Waals surface area contributed by atoms with E-state index in [1.54, 1.807) is 7.11 Å². The molecule has 0 atom stereocenters. The van der Waals surface area contributed by atoms with Gasteiger partial charge in [0.25, 0.3) is 0 Å². The summed E-state index contributed by atoms with van der Waals surface area (Å²) < 4.78 is 10.6. The first kappa shape index (κ1) is 15.4. The molecule has 0 bridgehead atoms. The molecule has 0 radical (unpaired) electrons. The summed E-state index contributed by atoms with van der Waals surface area (Å²) in [7, 11) is 1.67. The summed E-state index contributed by atoms with van der Waals surface area (Å²) in [6, 6.07) is 14.6. The minimum absolute atomic E-state index is 0.567.